The van der Waals surface area contributed by atoms with Gasteiger partial charge >= 0.3 is 0 Å². The van der Waals surface area contributed by atoms with Crippen LogP contribution in [0.3, 0.4) is 0 Å². The third-order valence-corrected chi connectivity index (χ3v) is 4.27. The summed E-state index contributed by atoms with van der Waals surface area (Å²) in [5.41, 5.74) is 2.99. The van der Waals surface area contributed by atoms with Gasteiger partial charge < -0.3 is 4.84 Å². The Bertz CT molecular complexity index is 1000. The Morgan fingerprint density at radius 3 is 1.48 bits per heavy atom. The van der Waals surface area contributed by atoms with Crippen molar-refractivity contribution in [1.82, 2.24) is 0 Å². The third kappa shape index (κ3) is 4.19. The molecule has 0 fully saturated rings. The van der Waals surface area contributed by atoms with E-state index in [2.05, 4.69) is 4.84 Å². The lowest BCUT2D eigenvalue weighted by Gasteiger charge is -2.13. The van der Waals surface area contributed by atoms with Crippen molar-refractivity contribution in [1.29, 1.82) is 0 Å². The molecule has 0 aliphatic heterocycles. The first-order chi connectivity index (χ1) is 13.9. The van der Waals surface area contributed by atoms with Gasteiger partial charge in [0.25, 0.3) is 17.1 Å². The van der Waals surface area contributed by atoms with Gasteiger partial charge in [0, 0.05) is 48.4 Å². The van der Waals surface area contributed by atoms with Crippen LogP contribution in [0.4, 0.5) is 11.4 Å². The normalized spacial score (nSPS) is 12.6. The minimum atomic E-state index is -0.488. The fourth-order valence-electron chi connectivity index (χ4n) is 2.85. The Kier molecular flexibility index (Phi) is 5.49. The summed E-state index contributed by atoms with van der Waals surface area (Å²) in [6, 6.07) is 12.0. The predicted octanol–water partition coefficient (Wildman–Crippen LogP) is 3.94. The summed E-state index contributed by atoms with van der Waals surface area (Å²) in [6.45, 7) is 0. The molecule has 2 aromatic carbocycles. The second-order valence-corrected chi connectivity index (χ2v) is 5.97. The number of nitro benzene ring substituents is 2. The van der Waals surface area contributed by atoms with Crippen molar-refractivity contribution in [2.75, 3.05) is 7.11 Å². The van der Waals surface area contributed by atoms with Crippen LogP contribution in [0.5, 0.6) is 0 Å². The van der Waals surface area contributed by atoms with Crippen molar-refractivity contribution in [3.05, 3.63) is 115 Å². The fourth-order valence-corrected chi connectivity index (χ4v) is 2.85. The minimum Gasteiger partial charge on any atom is -0.406 e. The lowest BCUT2D eigenvalue weighted by atomic mass is 9.90. The Hall–Kier alpha value is -4.27. The number of nitro groups is 2. The Labute approximate surface area is 165 Å². The predicted molar refractivity (Wildman–Crippen MR) is 106 cm³/mol. The number of nitrogens with zero attached hydrogens (tertiary/aromatic N) is 3. The van der Waals surface area contributed by atoms with Gasteiger partial charge in [-0.25, -0.2) is 0 Å². The van der Waals surface area contributed by atoms with Gasteiger partial charge in [-0.05, 0) is 58.7 Å². The lowest BCUT2D eigenvalue weighted by molar-refractivity contribution is -0.732. The van der Waals surface area contributed by atoms with Crippen LogP contribution < -0.4 is 0 Å². The molecule has 3 rings (SSSR count). The summed E-state index contributed by atoms with van der Waals surface area (Å²) < 4.78 is 0. The third-order valence-electron chi connectivity index (χ3n) is 4.27. The number of non-ortho nitro benzene ring substituents is 2. The summed E-state index contributed by atoms with van der Waals surface area (Å²) in [7, 11) is 1.26. The summed E-state index contributed by atoms with van der Waals surface area (Å²) in [5.74, 6) is 0. The molecule has 0 radical (unpaired) electrons. The number of hydrogen-bond donors (Lipinski definition) is 0. The molecule has 0 bridgehead atoms. The van der Waals surface area contributed by atoms with Crippen molar-refractivity contribution < 1.29 is 19.6 Å². The maximum absolute atomic E-state index is 11.6. The largest absolute Gasteiger partial charge is 0.406 e. The van der Waals surface area contributed by atoms with Crippen molar-refractivity contribution in [3.8, 4) is 0 Å². The second kappa shape index (κ2) is 8.17. The van der Waals surface area contributed by atoms with Gasteiger partial charge in [0.2, 0.25) is 0 Å². The van der Waals surface area contributed by atoms with Crippen LogP contribution in [0.25, 0.3) is 5.57 Å². The molecule has 0 saturated heterocycles. The quantitative estimate of drug-likeness (QED) is 0.431. The molecule has 1 aliphatic carbocycles. The van der Waals surface area contributed by atoms with E-state index >= 15 is 0 Å². The highest BCUT2D eigenvalue weighted by Gasteiger charge is 2.16. The molecule has 0 aromatic heterocycles. The Morgan fingerprint density at radius 1 is 0.724 bits per heavy atom. The first-order valence-corrected chi connectivity index (χ1v) is 8.39. The van der Waals surface area contributed by atoms with Crippen LogP contribution in [0.2, 0.25) is 0 Å². The van der Waals surface area contributed by atoms with E-state index in [1.807, 2.05) is 0 Å². The minimum absolute atomic E-state index is 0.0470. The number of hydrogen-bond acceptors (Lipinski definition) is 6. The zero-order valence-electron chi connectivity index (χ0n) is 15.2. The highest BCUT2D eigenvalue weighted by molar-refractivity contribution is 6.03. The molecule has 146 valence electrons. The van der Waals surface area contributed by atoms with Crippen LogP contribution in [0.1, 0.15) is 11.1 Å². The molecule has 0 saturated carbocycles. The molecule has 9 nitrogen and oxygen atoms in total. The lowest BCUT2D eigenvalue weighted by Crippen LogP contribution is -2.12. The smallest absolute Gasteiger partial charge is 0.269 e. The van der Waals surface area contributed by atoms with Crippen LogP contribution >= 0.6 is 0 Å². The van der Waals surface area contributed by atoms with Crippen LogP contribution in [0.15, 0.2) is 78.4 Å². The summed E-state index contributed by atoms with van der Waals surface area (Å²) in [5, 5.41) is 33.5. The fraction of sp³-hybridized carbons (Fsp3) is 0.0500. The van der Waals surface area contributed by atoms with Crippen molar-refractivity contribution in [3.63, 3.8) is 0 Å². The highest BCUT2D eigenvalue weighted by atomic mass is 16.9. The molecule has 29 heavy (non-hydrogen) atoms. The van der Waals surface area contributed by atoms with Gasteiger partial charge in [-0.2, -0.15) is 0 Å². The molecule has 9 heteroatoms. The van der Waals surface area contributed by atoms with Crippen LogP contribution in [-0.2, 0) is 4.84 Å². The maximum Gasteiger partial charge on any atom is 0.269 e. The van der Waals surface area contributed by atoms with E-state index in [1.54, 1.807) is 48.6 Å². The van der Waals surface area contributed by atoms with Crippen molar-refractivity contribution in [2.45, 2.75) is 0 Å². The zero-order valence-corrected chi connectivity index (χ0v) is 15.2. The van der Waals surface area contributed by atoms with Crippen LogP contribution in [-0.4, -0.2) is 27.6 Å². The van der Waals surface area contributed by atoms with E-state index in [0.717, 1.165) is 5.57 Å². The molecular weight excluding hydrogens is 378 g/mol. The first-order valence-electron chi connectivity index (χ1n) is 8.39. The maximum atomic E-state index is 11.6. The van der Waals surface area contributed by atoms with Crippen molar-refractivity contribution in [2.24, 2.45) is 0 Å². The standard InChI is InChI=1S/C20H15N3O6/c1-29-23(28)19-12-6-16(7-13-19)20(14-2-8-17(9-3-14)21(24)25)15-4-10-18(11-5-15)22(26)27/h2-13H,1H3. The molecule has 0 heterocycles. The summed E-state index contributed by atoms with van der Waals surface area (Å²) in [6.07, 6.45) is 6.56. The number of rotatable bonds is 5. The SMILES string of the molecule is CO[N+]([O-])=C1C=CC(=C(c2ccc([N+](=O)[O-])cc2)c2ccc([N+](=O)[O-])cc2)C=C1. The van der Waals surface area contributed by atoms with E-state index in [0.29, 0.717) is 27.3 Å². The summed E-state index contributed by atoms with van der Waals surface area (Å²) >= 11 is 0. The monoisotopic (exact) mass is 393 g/mol. The number of benzene rings is 2. The molecule has 0 atom stereocenters. The van der Waals surface area contributed by atoms with E-state index < -0.39 is 9.85 Å². The molecule has 2 aromatic rings. The van der Waals surface area contributed by atoms with Gasteiger partial charge in [0.15, 0.2) is 0 Å². The van der Waals surface area contributed by atoms with Gasteiger partial charge in [-0.15, -0.1) is 0 Å². The molecule has 1 aliphatic rings. The van der Waals surface area contributed by atoms with E-state index in [4.69, 9.17) is 0 Å². The average molecular weight is 393 g/mol. The molecule has 0 spiro atoms. The van der Waals surface area contributed by atoms with E-state index in [9.17, 15) is 25.4 Å². The van der Waals surface area contributed by atoms with E-state index in [-0.39, 0.29) is 11.4 Å². The zero-order chi connectivity index (χ0) is 21.0. The molecule has 0 N–H and O–H groups in total. The Balaban J connectivity index is 2.13. The molecule has 0 amide bonds. The van der Waals surface area contributed by atoms with Gasteiger partial charge in [-0.1, -0.05) is 0 Å². The molecule has 0 unspecified atom stereocenters. The van der Waals surface area contributed by atoms with Crippen LogP contribution in [0, 0.1) is 25.4 Å². The van der Waals surface area contributed by atoms with Gasteiger partial charge in [-0.3, -0.25) is 25.4 Å². The Morgan fingerprint density at radius 2 is 1.14 bits per heavy atom. The van der Waals surface area contributed by atoms with Gasteiger partial charge in [0.05, 0.1) is 9.85 Å². The molecular formula is C20H15N3O6. The topological polar surface area (TPSA) is 122 Å². The summed E-state index contributed by atoms with van der Waals surface area (Å²) in [4.78, 5) is 25.9. The highest BCUT2D eigenvalue weighted by Crippen LogP contribution is 2.31. The van der Waals surface area contributed by atoms with Crippen molar-refractivity contribution >= 4 is 22.7 Å². The second-order valence-electron chi connectivity index (χ2n) is 5.97. The van der Waals surface area contributed by atoms with E-state index in [1.165, 1.54) is 31.4 Å². The average Bonchev–Trinajstić information content (AvgIpc) is 2.74. The first kappa shape index (κ1) is 19.5. The van der Waals surface area contributed by atoms with Gasteiger partial charge in [0.1, 0.15) is 0 Å². The number of allylic oxidation sites excluding steroid dienone is 5.